The van der Waals surface area contributed by atoms with Crippen LogP contribution in [0.1, 0.15) is 37.3 Å². The summed E-state index contributed by atoms with van der Waals surface area (Å²) in [7, 11) is -0.999. The Kier molecular flexibility index (Phi) is 9.38. The number of hydrogen-bond acceptors (Lipinski definition) is 3. The molecule has 0 aliphatic carbocycles. The van der Waals surface area contributed by atoms with Gasteiger partial charge in [0.2, 0.25) is 0 Å². The molecule has 0 saturated carbocycles. The summed E-state index contributed by atoms with van der Waals surface area (Å²) in [5.41, 5.74) is 2.57. The second kappa shape index (κ2) is 12.5. The van der Waals surface area contributed by atoms with Crippen LogP contribution in [0, 0.1) is 0 Å². The van der Waals surface area contributed by atoms with Crippen LogP contribution in [-0.4, -0.2) is 47.0 Å². The molecule has 1 aliphatic heterocycles. The van der Waals surface area contributed by atoms with E-state index in [0.29, 0.717) is 18.8 Å². The van der Waals surface area contributed by atoms with E-state index in [1.807, 2.05) is 30.3 Å². The van der Waals surface area contributed by atoms with Gasteiger partial charge in [-0.2, -0.15) is 0 Å². The first kappa shape index (κ1) is 22.5. The van der Waals surface area contributed by atoms with Crippen molar-refractivity contribution in [2.75, 3.05) is 31.9 Å². The molecule has 0 aromatic heterocycles. The lowest BCUT2D eigenvalue weighted by Crippen LogP contribution is -2.39. The fraction of sp³-hybridized carbons (Fsp3) is 0.458. The highest BCUT2D eigenvalue weighted by Crippen LogP contribution is 2.14. The largest absolute Gasteiger partial charge is 0.357 e. The Labute approximate surface area is 183 Å². The molecule has 0 amide bonds. The van der Waals surface area contributed by atoms with Crippen LogP contribution in [0.5, 0.6) is 0 Å². The minimum atomic E-state index is -0.999. The normalized spacial score (nSPS) is 16.2. The van der Waals surface area contributed by atoms with Crippen LogP contribution in [0.4, 0.5) is 0 Å². The predicted molar refractivity (Wildman–Crippen MR) is 126 cm³/mol. The second-order valence-electron chi connectivity index (χ2n) is 7.64. The zero-order valence-corrected chi connectivity index (χ0v) is 18.8. The highest BCUT2D eigenvalue weighted by Gasteiger charge is 2.10. The zero-order chi connectivity index (χ0) is 21.0. The average Bonchev–Trinajstić information content (AvgIpc) is 2.79. The number of rotatable bonds is 9. The lowest BCUT2D eigenvalue weighted by Gasteiger charge is -2.26. The Morgan fingerprint density at radius 1 is 0.967 bits per heavy atom. The van der Waals surface area contributed by atoms with E-state index < -0.39 is 10.8 Å². The quantitative estimate of drug-likeness (QED) is 0.476. The fourth-order valence-electron chi connectivity index (χ4n) is 3.59. The highest BCUT2D eigenvalue weighted by molar-refractivity contribution is 7.85. The Morgan fingerprint density at radius 3 is 2.37 bits per heavy atom. The van der Waals surface area contributed by atoms with E-state index in [0.717, 1.165) is 23.9 Å². The van der Waals surface area contributed by atoms with Crippen LogP contribution in [0.15, 0.2) is 64.5 Å². The molecule has 1 atom stereocenters. The molecule has 0 radical (unpaired) electrons. The fourth-order valence-corrected chi connectivity index (χ4v) is 4.57. The van der Waals surface area contributed by atoms with E-state index in [1.54, 1.807) is 0 Å². The molecule has 2 aromatic carbocycles. The number of piperidine rings is 1. The van der Waals surface area contributed by atoms with Crippen LogP contribution in [0.25, 0.3) is 0 Å². The average molecular weight is 427 g/mol. The summed E-state index contributed by atoms with van der Waals surface area (Å²) in [6.45, 7) is 7.57. The Bertz CT molecular complexity index is 802. The summed E-state index contributed by atoms with van der Waals surface area (Å²) >= 11 is 0. The van der Waals surface area contributed by atoms with E-state index >= 15 is 0 Å². The third-order valence-electron chi connectivity index (χ3n) is 5.23. The van der Waals surface area contributed by atoms with Gasteiger partial charge in [0, 0.05) is 30.3 Å². The first-order valence-electron chi connectivity index (χ1n) is 11.0. The molecule has 2 aromatic rings. The Hall–Kier alpha value is -2.18. The highest BCUT2D eigenvalue weighted by atomic mass is 32.2. The van der Waals surface area contributed by atoms with Crippen molar-refractivity contribution < 1.29 is 4.21 Å². The van der Waals surface area contributed by atoms with Crippen LogP contribution >= 0.6 is 0 Å². The number of hydrogen-bond donors (Lipinski definition) is 2. The molecule has 1 aliphatic rings. The maximum Gasteiger partial charge on any atom is 0.191 e. The lowest BCUT2D eigenvalue weighted by atomic mass is 10.1. The molecule has 2 N–H and O–H groups in total. The van der Waals surface area contributed by atoms with E-state index in [1.165, 1.54) is 43.5 Å². The maximum absolute atomic E-state index is 12.3. The molecular weight excluding hydrogens is 392 g/mol. The van der Waals surface area contributed by atoms with Gasteiger partial charge in [0.25, 0.3) is 0 Å². The molecule has 5 nitrogen and oxygen atoms in total. The van der Waals surface area contributed by atoms with E-state index in [-0.39, 0.29) is 0 Å². The van der Waals surface area contributed by atoms with Gasteiger partial charge in [-0.15, -0.1) is 0 Å². The number of nitrogens with zero attached hydrogens (tertiary/aromatic N) is 2. The summed E-state index contributed by atoms with van der Waals surface area (Å²) in [6.07, 6.45) is 4.02. The Morgan fingerprint density at radius 2 is 1.67 bits per heavy atom. The Balaban J connectivity index is 1.47. The van der Waals surface area contributed by atoms with Gasteiger partial charge in [0.1, 0.15) is 0 Å². The summed E-state index contributed by atoms with van der Waals surface area (Å²) in [5, 5.41) is 6.56. The van der Waals surface area contributed by atoms with Gasteiger partial charge in [-0.25, -0.2) is 4.99 Å². The van der Waals surface area contributed by atoms with Crippen molar-refractivity contribution in [2.24, 2.45) is 4.99 Å². The molecular formula is C24H34N4OS. The maximum atomic E-state index is 12.3. The lowest BCUT2D eigenvalue weighted by molar-refractivity contribution is 0.221. The molecule has 0 spiro atoms. The van der Waals surface area contributed by atoms with Gasteiger partial charge in [0.05, 0.1) is 17.3 Å². The van der Waals surface area contributed by atoms with E-state index in [4.69, 9.17) is 0 Å². The predicted octanol–water partition coefficient (Wildman–Crippen LogP) is 3.54. The van der Waals surface area contributed by atoms with Gasteiger partial charge in [-0.1, -0.05) is 48.9 Å². The number of aliphatic imine (C=N–C) groups is 1. The summed E-state index contributed by atoms with van der Waals surface area (Å²) in [4.78, 5) is 8.10. The van der Waals surface area contributed by atoms with Crippen molar-refractivity contribution in [3.8, 4) is 0 Å². The van der Waals surface area contributed by atoms with E-state index in [2.05, 4.69) is 51.7 Å². The van der Waals surface area contributed by atoms with Crippen LogP contribution in [0.2, 0.25) is 0 Å². The van der Waals surface area contributed by atoms with Crippen molar-refractivity contribution in [1.29, 1.82) is 0 Å². The minimum Gasteiger partial charge on any atom is -0.357 e. The number of nitrogens with one attached hydrogen (secondary N) is 2. The van der Waals surface area contributed by atoms with Gasteiger partial charge in [-0.05, 0) is 56.1 Å². The first-order chi connectivity index (χ1) is 14.7. The zero-order valence-electron chi connectivity index (χ0n) is 18.0. The van der Waals surface area contributed by atoms with Crippen LogP contribution in [0.3, 0.4) is 0 Å². The first-order valence-corrected chi connectivity index (χ1v) is 12.3. The standard InChI is InChI=1S/C24H34N4OS/c1-2-25-24(26-15-18-30(29)23-9-5-3-6-10-23)27-19-21-11-13-22(14-12-21)20-28-16-7-4-8-17-28/h3,5-6,9-14H,2,4,7-8,15-20H2,1H3,(H2,25,26,27). The number of benzene rings is 2. The molecule has 1 unspecified atom stereocenters. The molecule has 0 bridgehead atoms. The molecule has 3 rings (SSSR count). The minimum absolute atomic E-state index is 0.555. The summed E-state index contributed by atoms with van der Waals surface area (Å²) in [5.74, 6) is 1.32. The van der Waals surface area contributed by atoms with Gasteiger partial charge in [-0.3, -0.25) is 9.11 Å². The van der Waals surface area contributed by atoms with Gasteiger partial charge in [0.15, 0.2) is 5.96 Å². The van der Waals surface area contributed by atoms with Crippen molar-refractivity contribution in [2.45, 2.75) is 44.2 Å². The van der Waals surface area contributed by atoms with Crippen molar-refractivity contribution >= 4 is 16.8 Å². The van der Waals surface area contributed by atoms with Gasteiger partial charge < -0.3 is 10.6 Å². The summed E-state index contributed by atoms with van der Waals surface area (Å²) in [6, 6.07) is 18.4. The summed E-state index contributed by atoms with van der Waals surface area (Å²) < 4.78 is 12.3. The van der Waals surface area contributed by atoms with Crippen LogP contribution < -0.4 is 10.6 Å². The SMILES string of the molecule is CCNC(=NCc1ccc(CN2CCCCC2)cc1)NCCS(=O)c1ccccc1. The third-order valence-corrected chi connectivity index (χ3v) is 6.60. The molecule has 30 heavy (non-hydrogen) atoms. The molecule has 162 valence electrons. The van der Waals surface area contributed by atoms with Crippen LogP contribution in [-0.2, 0) is 23.9 Å². The molecule has 6 heteroatoms. The van der Waals surface area contributed by atoms with Crippen molar-refractivity contribution in [3.63, 3.8) is 0 Å². The second-order valence-corrected chi connectivity index (χ2v) is 9.21. The number of likely N-dealkylation sites (tertiary alicyclic amines) is 1. The van der Waals surface area contributed by atoms with Crippen molar-refractivity contribution in [3.05, 3.63) is 65.7 Å². The number of guanidine groups is 1. The molecule has 1 saturated heterocycles. The smallest absolute Gasteiger partial charge is 0.191 e. The van der Waals surface area contributed by atoms with E-state index in [9.17, 15) is 4.21 Å². The topological polar surface area (TPSA) is 56.7 Å². The molecule has 1 fully saturated rings. The monoisotopic (exact) mass is 426 g/mol. The van der Waals surface area contributed by atoms with Gasteiger partial charge >= 0.3 is 0 Å². The third kappa shape index (κ3) is 7.58. The van der Waals surface area contributed by atoms with Crippen molar-refractivity contribution in [1.82, 2.24) is 15.5 Å². The molecule has 1 heterocycles.